The highest BCUT2D eigenvalue weighted by atomic mass is 16.7. The number of fused-ring (bicyclic) bond motifs is 5. The number of aliphatic hydroxyl groups excluding tert-OH is 4. The summed E-state index contributed by atoms with van der Waals surface area (Å²) < 4.78 is 35.2. The third-order valence-electron chi connectivity index (χ3n) is 14.2. The lowest BCUT2D eigenvalue weighted by atomic mass is 9.41. The van der Waals surface area contributed by atoms with Crippen molar-refractivity contribution in [1.29, 1.82) is 0 Å². The van der Waals surface area contributed by atoms with E-state index >= 15 is 0 Å². The Morgan fingerprint density at radius 2 is 1.72 bits per heavy atom. The first-order valence-corrected chi connectivity index (χ1v) is 18.3. The van der Waals surface area contributed by atoms with Gasteiger partial charge in [-0.25, -0.2) is 4.79 Å². The summed E-state index contributed by atoms with van der Waals surface area (Å²) >= 11 is 0. The van der Waals surface area contributed by atoms with Crippen molar-refractivity contribution < 1.29 is 68.6 Å². The first-order valence-electron chi connectivity index (χ1n) is 18.3. The lowest BCUT2D eigenvalue weighted by Crippen LogP contribution is -2.69. The molecule has 6 N–H and O–H groups in total. The number of methoxy groups -OCH3 is 1. The van der Waals surface area contributed by atoms with E-state index in [2.05, 4.69) is 6.92 Å². The number of hydrogen-bond acceptors (Lipinski definition) is 14. The zero-order valence-corrected chi connectivity index (χ0v) is 29.1. The van der Waals surface area contributed by atoms with Crippen LogP contribution >= 0.6 is 0 Å². The van der Waals surface area contributed by atoms with Crippen LogP contribution in [0.25, 0.3) is 0 Å². The van der Waals surface area contributed by atoms with Gasteiger partial charge in [0.15, 0.2) is 12.6 Å². The molecule has 17 atom stereocenters. The Balaban J connectivity index is 1.01. The zero-order valence-electron chi connectivity index (χ0n) is 29.1. The molecular formula is C36H54O14. The molecular weight excluding hydrogens is 656 g/mol. The summed E-state index contributed by atoms with van der Waals surface area (Å²) in [5.41, 5.74) is -2.86. The second-order valence-corrected chi connectivity index (χ2v) is 16.3. The van der Waals surface area contributed by atoms with Gasteiger partial charge in [-0.1, -0.05) is 6.92 Å². The molecule has 7 aliphatic rings. The number of ether oxygens (including phenoxy) is 6. The highest BCUT2D eigenvalue weighted by Gasteiger charge is 2.71. The van der Waals surface area contributed by atoms with E-state index in [0.29, 0.717) is 44.9 Å². The van der Waals surface area contributed by atoms with Crippen molar-refractivity contribution in [2.24, 2.45) is 28.6 Å². The van der Waals surface area contributed by atoms with Crippen LogP contribution in [0.5, 0.6) is 0 Å². The Kier molecular flexibility index (Phi) is 9.84. The summed E-state index contributed by atoms with van der Waals surface area (Å²) in [5.74, 6) is -0.635. The lowest BCUT2D eigenvalue weighted by molar-refractivity contribution is -0.346. The third kappa shape index (κ3) is 5.55. The van der Waals surface area contributed by atoms with Crippen LogP contribution in [0.15, 0.2) is 11.6 Å². The molecule has 2 saturated heterocycles. The summed E-state index contributed by atoms with van der Waals surface area (Å²) in [4.78, 5) is 25.1. The molecule has 14 heteroatoms. The fourth-order valence-electron chi connectivity index (χ4n) is 11.5. The van der Waals surface area contributed by atoms with E-state index in [0.717, 1.165) is 18.3 Å². The Bertz CT molecular complexity index is 1330. The minimum Gasteiger partial charge on any atom is -0.458 e. The molecule has 0 unspecified atom stereocenters. The number of carbonyl (C=O) groups is 2. The van der Waals surface area contributed by atoms with E-state index < -0.39 is 90.1 Å². The molecule has 0 spiro atoms. The molecule has 6 fully saturated rings. The smallest absolute Gasteiger partial charge is 0.331 e. The van der Waals surface area contributed by atoms with Gasteiger partial charge in [0.1, 0.15) is 43.4 Å². The monoisotopic (exact) mass is 710 g/mol. The van der Waals surface area contributed by atoms with Crippen molar-refractivity contribution in [3.63, 3.8) is 0 Å². The van der Waals surface area contributed by atoms with E-state index in [1.807, 2.05) is 0 Å². The average Bonchev–Trinajstić information content (AvgIpc) is 3.64. The van der Waals surface area contributed by atoms with Crippen LogP contribution in [0.1, 0.15) is 78.1 Å². The fraction of sp³-hybridized carbons (Fsp3) is 0.889. The number of carbonyl (C=O) groups excluding carboxylic acids is 2. The Morgan fingerprint density at radius 1 is 0.960 bits per heavy atom. The van der Waals surface area contributed by atoms with Gasteiger partial charge in [-0.05, 0) is 81.6 Å². The largest absolute Gasteiger partial charge is 0.458 e. The van der Waals surface area contributed by atoms with Crippen molar-refractivity contribution in [1.82, 2.24) is 0 Å². The van der Waals surface area contributed by atoms with Gasteiger partial charge in [-0.15, -0.1) is 0 Å². The van der Waals surface area contributed by atoms with Crippen molar-refractivity contribution in [2.45, 2.75) is 151 Å². The molecule has 3 aliphatic heterocycles. The van der Waals surface area contributed by atoms with Gasteiger partial charge >= 0.3 is 5.97 Å². The summed E-state index contributed by atoms with van der Waals surface area (Å²) in [6.07, 6.45) is -2.52. The number of hydrogen-bond donors (Lipinski definition) is 6. The summed E-state index contributed by atoms with van der Waals surface area (Å²) in [6.45, 7) is 3.57. The first-order chi connectivity index (χ1) is 23.7. The predicted octanol–water partition coefficient (Wildman–Crippen LogP) is 0.258. The second-order valence-electron chi connectivity index (χ2n) is 16.3. The molecule has 282 valence electrons. The first kappa shape index (κ1) is 36.8. The summed E-state index contributed by atoms with van der Waals surface area (Å²) in [5, 5.41) is 65.3. The molecule has 4 aliphatic carbocycles. The van der Waals surface area contributed by atoms with Gasteiger partial charge in [-0.3, -0.25) is 0 Å². The normalized spacial score (nSPS) is 53.5. The van der Waals surface area contributed by atoms with E-state index in [4.69, 9.17) is 28.4 Å². The number of cyclic esters (lactones) is 1. The van der Waals surface area contributed by atoms with Crippen LogP contribution < -0.4 is 0 Å². The molecule has 0 amide bonds. The van der Waals surface area contributed by atoms with Crippen LogP contribution in [-0.4, -0.2) is 136 Å². The molecule has 0 bridgehead atoms. The van der Waals surface area contributed by atoms with Gasteiger partial charge < -0.3 is 63.9 Å². The topological polar surface area (TPSA) is 211 Å². The quantitative estimate of drug-likeness (QED) is 0.113. The van der Waals surface area contributed by atoms with Gasteiger partial charge in [0.2, 0.25) is 0 Å². The van der Waals surface area contributed by atoms with Crippen molar-refractivity contribution >= 4 is 12.3 Å². The van der Waals surface area contributed by atoms with Gasteiger partial charge in [0.05, 0.1) is 41.5 Å². The van der Waals surface area contributed by atoms with E-state index in [1.54, 1.807) is 13.0 Å². The van der Waals surface area contributed by atoms with Gasteiger partial charge in [0, 0.05) is 31.4 Å². The maximum atomic E-state index is 13.2. The van der Waals surface area contributed by atoms with Crippen molar-refractivity contribution in [3.8, 4) is 0 Å². The van der Waals surface area contributed by atoms with Crippen LogP contribution in [-0.2, 0) is 38.0 Å². The molecule has 3 heterocycles. The number of aldehydes is 1. The number of aliphatic hydroxyl groups is 6. The van der Waals surface area contributed by atoms with E-state index in [-0.39, 0.29) is 43.2 Å². The molecule has 14 nitrogen and oxygen atoms in total. The average molecular weight is 711 g/mol. The minimum absolute atomic E-state index is 0.0352. The maximum absolute atomic E-state index is 13.2. The lowest BCUT2D eigenvalue weighted by Gasteiger charge is -2.65. The molecule has 0 aromatic carbocycles. The SMILES string of the molecule is CO[C@@H]1C[C@H](O[C@H]2CC[C@]3(C=O)[C@@H]4CC[C@]5(C)[C@@H](C6=CC(=O)OC6)CC[C@]5(O)[C@@H]4CC[C@]3(O)C2)O[C@H](C)[C@@H]1O[C@@H]1O[C@H](CO)[C@@H](O)[C@H](O)[C@H]1O. The molecule has 4 saturated carbocycles. The van der Waals surface area contributed by atoms with Crippen LogP contribution in [0, 0.1) is 28.6 Å². The second kappa shape index (κ2) is 13.4. The van der Waals surface area contributed by atoms with Crippen LogP contribution in [0.3, 0.4) is 0 Å². The standard InChI is InChI=1S/C36H54O14/c1-18-31(50-32-30(42)29(41)28(40)25(15-37)49-32)24(45-3)13-27(47-18)48-20-4-9-34(17-38)22-5-8-33(2)21(19-12-26(39)46-16-19)7-11-36(33,44)23(22)6-10-35(34,43)14-20/h12,17-18,20-25,27-32,37,40-44H,4-11,13-16H2,1-3H3/t18-,20+,21-,22-,23-,24-,25-,27+,28-,29+,30-,31+,32+,33-,34+,35+,36+/m1/s1. The van der Waals surface area contributed by atoms with Crippen molar-refractivity contribution in [2.75, 3.05) is 20.3 Å². The van der Waals surface area contributed by atoms with E-state index in [1.165, 1.54) is 7.11 Å². The minimum atomic E-state index is -1.58. The van der Waals surface area contributed by atoms with Gasteiger partial charge in [-0.2, -0.15) is 0 Å². The maximum Gasteiger partial charge on any atom is 0.331 e. The highest BCUT2D eigenvalue weighted by Crippen LogP contribution is 2.70. The van der Waals surface area contributed by atoms with Crippen LogP contribution in [0.2, 0.25) is 0 Å². The van der Waals surface area contributed by atoms with Crippen molar-refractivity contribution in [3.05, 3.63) is 11.6 Å². The van der Waals surface area contributed by atoms with Crippen LogP contribution in [0.4, 0.5) is 0 Å². The predicted molar refractivity (Wildman–Crippen MR) is 171 cm³/mol. The molecule has 0 radical (unpaired) electrons. The number of rotatable bonds is 8. The fourth-order valence-corrected chi connectivity index (χ4v) is 11.5. The van der Waals surface area contributed by atoms with E-state index in [9.17, 15) is 40.2 Å². The highest BCUT2D eigenvalue weighted by molar-refractivity contribution is 5.85. The Morgan fingerprint density at radius 3 is 2.40 bits per heavy atom. The molecule has 0 aromatic rings. The summed E-state index contributed by atoms with van der Waals surface area (Å²) in [7, 11) is 1.51. The molecule has 0 aromatic heterocycles. The third-order valence-corrected chi connectivity index (χ3v) is 14.2. The summed E-state index contributed by atoms with van der Waals surface area (Å²) in [6, 6.07) is 0. The zero-order chi connectivity index (χ0) is 35.8. The number of esters is 1. The molecule has 50 heavy (non-hydrogen) atoms. The Hall–Kier alpha value is -1.56. The van der Waals surface area contributed by atoms with Gasteiger partial charge in [0.25, 0.3) is 0 Å². The Labute approximate surface area is 292 Å². The molecule has 7 rings (SSSR count).